The fraction of sp³-hybridized carbons (Fsp3) is 0.900. The summed E-state index contributed by atoms with van der Waals surface area (Å²) in [5, 5.41) is 3.01. The molecule has 96 valence electrons. The van der Waals surface area contributed by atoms with Gasteiger partial charge in [0.05, 0.1) is 13.2 Å². The molecule has 3 N–H and O–H groups in total. The van der Waals surface area contributed by atoms with Gasteiger partial charge in [-0.15, -0.1) is 24.0 Å². The first kappa shape index (κ1) is 15.9. The minimum absolute atomic E-state index is 0. The summed E-state index contributed by atoms with van der Waals surface area (Å²) < 4.78 is 4.91. The van der Waals surface area contributed by atoms with Crippen LogP contribution in [-0.2, 0) is 4.74 Å². The van der Waals surface area contributed by atoms with Gasteiger partial charge in [-0.1, -0.05) is 0 Å². The molecule has 0 radical (unpaired) electrons. The van der Waals surface area contributed by atoms with E-state index >= 15 is 0 Å². The fourth-order valence-corrected chi connectivity index (χ4v) is 1.75. The van der Waals surface area contributed by atoms with Crippen molar-refractivity contribution in [2.75, 3.05) is 40.4 Å². The van der Waals surface area contributed by atoms with Crippen LogP contribution in [0.4, 0.5) is 0 Å². The zero-order chi connectivity index (χ0) is 11.1. The standard InChI is InChI=1S/C10H22N4O.HI/c1-14-6-3-4-9(14)8-13-10(11)12-5-7-15-2;/h9H,3-8H2,1-2H3,(H3,11,12,13);1H. The minimum Gasteiger partial charge on any atom is -0.383 e. The van der Waals surface area contributed by atoms with Crippen LogP contribution < -0.4 is 11.1 Å². The second-order valence-electron chi connectivity index (χ2n) is 3.92. The number of likely N-dealkylation sites (tertiary alicyclic amines) is 1. The zero-order valence-corrected chi connectivity index (χ0v) is 12.4. The van der Waals surface area contributed by atoms with Crippen molar-refractivity contribution < 1.29 is 4.74 Å². The van der Waals surface area contributed by atoms with Crippen LogP contribution in [0, 0.1) is 0 Å². The van der Waals surface area contributed by atoms with Gasteiger partial charge in [0.2, 0.25) is 0 Å². The molecule has 1 aliphatic heterocycles. The molecule has 1 saturated heterocycles. The molecule has 0 aromatic rings. The van der Waals surface area contributed by atoms with E-state index in [2.05, 4.69) is 22.3 Å². The summed E-state index contributed by atoms with van der Waals surface area (Å²) in [6, 6.07) is 0.563. The van der Waals surface area contributed by atoms with Gasteiger partial charge in [0.15, 0.2) is 5.96 Å². The maximum Gasteiger partial charge on any atom is 0.188 e. The van der Waals surface area contributed by atoms with E-state index in [1.807, 2.05) is 0 Å². The second kappa shape index (κ2) is 9.00. The van der Waals surface area contributed by atoms with Crippen molar-refractivity contribution in [1.82, 2.24) is 10.2 Å². The number of likely N-dealkylation sites (N-methyl/N-ethyl adjacent to an activating group) is 1. The molecule has 1 rings (SSSR count). The predicted octanol–water partition coefficient (Wildman–Crippen LogP) is 0.249. The van der Waals surface area contributed by atoms with Crippen LogP contribution in [0.25, 0.3) is 0 Å². The molecular weight excluding hydrogens is 319 g/mol. The van der Waals surface area contributed by atoms with Crippen LogP contribution in [0.1, 0.15) is 12.8 Å². The number of methoxy groups -OCH3 is 1. The summed E-state index contributed by atoms with van der Waals surface area (Å²) in [5.41, 5.74) is 5.70. The monoisotopic (exact) mass is 342 g/mol. The number of aliphatic imine (C=N–C) groups is 1. The van der Waals surface area contributed by atoms with Crippen molar-refractivity contribution in [1.29, 1.82) is 0 Å². The third-order valence-corrected chi connectivity index (χ3v) is 2.76. The SMILES string of the molecule is COCCNC(N)=NCC1CCCN1C.I. The molecule has 5 nitrogen and oxygen atoms in total. The molecular formula is C10H23IN4O. The summed E-state index contributed by atoms with van der Waals surface area (Å²) in [5.74, 6) is 0.521. The molecule has 0 bridgehead atoms. The third-order valence-electron chi connectivity index (χ3n) is 2.76. The second-order valence-corrected chi connectivity index (χ2v) is 3.92. The Morgan fingerprint density at radius 1 is 1.62 bits per heavy atom. The van der Waals surface area contributed by atoms with Crippen LogP contribution in [0.5, 0.6) is 0 Å². The molecule has 1 unspecified atom stereocenters. The van der Waals surface area contributed by atoms with Crippen molar-refractivity contribution in [2.45, 2.75) is 18.9 Å². The highest BCUT2D eigenvalue weighted by Gasteiger charge is 2.19. The molecule has 16 heavy (non-hydrogen) atoms. The molecule has 1 fully saturated rings. The first-order valence-corrected chi connectivity index (χ1v) is 5.47. The van der Waals surface area contributed by atoms with E-state index in [-0.39, 0.29) is 24.0 Å². The van der Waals surface area contributed by atoms with Crippen molar-refractivity contribution >= 4 is 29.9 Å². The van der Waals surface area contributed by atoms with E-state index in [1.165, 1.54) is 19.4 Å². The fourth-order valence-electron chi connectivity index (χ4n) is 1.75. The maximum absolute atomic E-state index is 5.70. The number of hydrogen-bond donors (Lipinski definition) is 2. The van der Waals surface area contributed by atoms with Crippen LogP contribution in [0.3, 0.4) is 0 Å². The number of nitrogens with zero attached hydrogens (tertiary/aromatic N) is 2. The molecule has 6 heteroatoms. The molecule has 0 spiro atoms. The van der Waals surface area contributed by atoms with Gasteiger partial charge in [0.25, 0.3) is 0 Å². The highest BCUT2D eigenvalue weighted by Crippen LogP contribution is 2.14. The Kier molecular flexibility index (Phi) is 8.96. The summed E-state index contributed by atoms with van der Waals surface area (Å²) >= 11 is 0. The van der Waals surface area contributed by atoms with Crippen molar-refractivity contribution in [3.05, 3.63) is 0 Å². The molecule has 0 amide bonds. The van der Waals surface area contributed by atoms with Gasteiger partial charge in [-0.25, -0.2) is 0 Å². The molecule has 0 aromatic carbocycles. The maximum atomic E-state index is 5.70. The van der Waals surface area contributed by atoms with E-state index in [4.69, 9.17) is 10.5 Å². The minimum atomic E-state index is 0. The van der Waals surface area contributed by atoms with Gasteiger partial charge in [0, 0.05) is 19.7 Å². The molecule has 1 atom stereocenters. The third kappa shape index (κ3) is 5.86. The van der Waals surface area contributed by atoms with E-state index in [1.54, 1.807) is 7.11 Å². The predicted molar refractivity (Wildman–Crippen MR) is 77.4 cm³/mol. The Balaban J connectivity index is 0.00000225. The molecule has 1 heterocycles. The number of halogens is 1. The first-order chi connectivity index (χ1) is 7.24. The van der Waals surface area contributed by atoms with Crippen LogP contribution in [0.2, 0.25) is 0 Å². The summed E-state index contributed by atoms with van der Waals surface area (Å²) in [6.07, 6.45) is 2.50. The quantitative estimate of drug-likeness (QED) is 0.325. The number of nitrogens with one attached hydrogen (secondary N) is 1. The lowest BCUT2D eigenvalue weighted by Gasteiger charge is -2.17. The van der Waals surface area contributed by atoms with Gasteiger partial charge in [-0.05, 0) is 26.4 Å². The average molecular weight is 342 g/mol. The summed E-state index contributed by atoms with van der Waals surface area (Å²) in [7, 11) is 3.81. The van der Waals surface area contributed by atoms with E-state index in [9.17, 15) is 0 Å². The Morgan fingerprint density at radius 2 is 2.38 bits per heavy atom. The van der Waals surface area contributed by atoms with Crippen molar-refractivity contribution in [3.8, 4) is 0 Å². The number of guanidine groups is 1. The van der Waals surface area contributed by atoms with E-state index < -0.39 is 0 Å². The van der Waals surface area contributed by atoms with Crippen molar-refractivity contribution in [3.63, 3.8) is 0 Å². The Hall–Kier alpha value is -0.0800. The van der Waals surface area contributed by atoms with Crippen LogP contribution >= 0.6 is 24.0 Å². The van der Waals surface area contributed by atoms with Gasteiger partial charge < -0.3 is 20.7 Å². The van der Waals surface area contributed by atoms with E-state index in [0.29, 0.717) is 25.2 Å². The largest absolute Gasteiger partial charge is 0.383 e. The van der Waals surface area contributed by atoms with Crippen LogP contribution in [0.15, 0.2) is 4.99 Å². The average Bonchev–Trinajstić information content (AvgIpc) is 2.61. The number of nitrogens with two attached hydrogens (primary N) is 1. The molecule has 0 saturated carbocycles. The lowest BCUT2D eigenvalue weighted by Crippen LogP contribution is -2.36. The normalized spacial score (nSPS) is 21.9. The molecule has 1 aliphatic rings. The highest BCUT2D eigenvalue weighted by atomic mass is 127. The molecule has 0 aromatic heterocycles. The molecule has 0 aliphatic carbocycles. The highest BCUT2D eigenvalue weighted by molar-refractivity contribution is 14.0. The van der Waals surface area contributed by atoms with Gasteiger partial charge in [0.1, 0.15) is 0 Å². The van der Waals surface area contributed by atoms with Gasteiger partial charge >= 0.3 is 0 Å². The lowest BCUT2D eigenvalue weighted by atomic mass is 10.2. The van der Waals surface area contributed by atoms with Crippen molar-refractivity contribution in [2.24, 2.45) is 10.7 Å². The van der Waals surface area contributed by atoms with E-state index in [0.717, 1.165) is 6.54 Å². The van der Waals surface area contributed by atoms with Crippen LogP contribution in [-0.4, -0.2) is 57.3 Å². The summed E-state index contributed by atoms with van der Waals surface area (Å²) in [6.45, 7) is 3.34. The Labute approximate surface area is 115 Å². The zero-order valence-electron chi connectivity index (χ0n) is 10.1. The Bertz CT molecular complexity index is 213. The summed E-state index contributed by atoms with van der Waals surface area (Å²) in [4.78, 5) is 6.65. The number of hydrogen-bond acceptors (Lipinski definition) is 3. The number of ether oxygens (including phenoxy) is 1. The first-order valence-electron chi connectivity index (χ1n) is 5.47. The number of rotatable bonds is 5. The topological polar surface area (TPSA) is 62.9 Å². The van der Waals surface area contributed by atoms with Gasteiger partial charge in [-0.3, -0.25) is 4.99 Å². The van der Waals surface area contributed by atoms with Gasteiger partial charge in [-0.2, -0.15) is 0 Å². The lowest BCUT2D eigenvalue weighted by molar-refractivity contribution is 0.204. The smallest absolute Gasteiger partial charge is 0.188 e. The Morgan fingerprint density at radius 3 is 2.94 bits per heavy atom.